The quantitative estimate of drug-likeness (QED) is 0.747. The van der Waals surface area contributed by atoms with Gasteiger partial charge in [0.15, 0.2) is 0 Å². The number of hydrogen-bond acceptors (Lipinski definition) is 5. The summed E-state index contributed by atoms with van der Waals surface area (Å²) in [5.74, 6) is -0.139. The van der Waals surface area contributed by atoms with Crippen molar-refractivity contribution in [1.82, 2.24) is 15.5 Å². The topological polar surface area (TPSA) is 83.8 Å². The van der Waals surface area contributed by atoms with Crippen LogP contribution in [0.25, 0.3) is 0 Å². The fourth-order valence-corrected chi connectivity index (χ4v) is 2.43. The average molecular weight is 323 g/mol. The Morgan fingerprint density at radius 2 is 1.83 bits per heavy atom. The standard InChI is InChI=1S/C16H25N3O4/c1-12(2)10-17-15(20)16(21)18-11-13(14-4-3-7-23-14)19-5-8-22-9-6-19/h3-4,7,12-13H,5-6,8-11H2,1-2H3,(H,17,20)(H,18,21). The lowest BCUT2D eigenvalue weighted by Crippen LogP contribution is -2.47. The van der Waals surface area contributed by atoms with Gasteiger partial charge >= 0.3 is 11.8 Å². The second kappa shape index (κ2) is 8.69. The van der Waals surface area contributed by atoms with Crippen molar-refractivity contribution in [2.75, 3.05) is 39.4 Å². The maximum Gasteiger partial charge on any atom is 0.309 e. The fourth-order valence-electron chi connectivity index (χ4n) is 2.43. The summed E-state index contributed by atoms with van der Waals surface area (Å²) in [6, 6.07) is 3.60. The Morgan fingerprint density at radius 3 is 2.39 bits per heavy atom. The number of morpholine rings is 1. The van der Waals surface area contributed by atoms with Crippen LogP contribution in [0, 0.1) is 5.92 Å². The molecule has 1 aliphatic heterocycles. The molecule has 2 rings (SSSR count). The summed E-state index contributed by atoms with van der Waals surface area (Å²) in [4.78, 5) is 25.8. The monoisotopic (exact) mass is 323 g/mol. The molecule has 2 amide bonds. The van der Waals surface area contributed by atoms with E-state index in [0.717, 1.165) is 18.8 Å². The molecule has 0 spiro atoms. The summed E-state index contributed by atoms with van der Waals surface area (Å²) in [5, 5.41) is 5.31. The SMILES string of the molecule is CC(C)CNC(=O)C(=O)NCC(c1ccco1)N1CCOCC1. The van der Waals surface area contributed by atoms with Crippen LogP contribution in [-0.4, -0.2) is 56.1 Å². The minimum atomic E-state index is -0.615. The molecule has 23 heavy (non-hydrogen) atoms. The summed E-state index contributed by atoms with van der Waals surface area (Å²) in [6.45, 7) is 7.59. The molecule has 1 fully saturated rings. The van der Waals surface area contributed by atoms with Crippen molar-refractivity contribution in [2.24, 2.45) is 5.92 Å². The second-order valence-corrected chi connectivity index (χ2v) is 5.99. The van der Waals surface area contributed by atoms with Gasteiger partial charge in [-0.2, -0.15) is 0 Å². The molecular formula is C16H25N3O4. The Labute approximate surface area is 136 Å². The lowest BCUT2D eigenvalue weighted by atomic mass is 10.1. The Balaban J connectivity index is 1.90. The third-order valence-corrected chi connectivity index (χ3v) is 3.69. The molecule has 1 aliphatic rings. The third-order valence-electron chi connectivity index (χ3n) is 3.69. The van der Waals surface area contributed by atoms with Crippen LogP contribution in [-0.2, 0) is 14.3 Å². The molecule has 1 unspecified atom stereocenters. The predicted molar refractivity (Wildman–Crippen MR) is 84.7 cm³/mol. The van der Waals surface area contributed by atoms with Gasteiger partial charge in [0.25, 0.3) is 0 Å². The van der Waals surface area contributed by atoms with E-state index < -0.39 is 11.8 Å². The highest BCUT2D eigenvalue weighted by atomic mass is 16.5. The van der Waals surface area contributed by atoms with Crippen LogP contribution in [0.15, 0.2) is 22.8 Å². The molecule has 1 aromatic heterocycles. The first-order valence-electron chi connectivity index (χ1n) is 7.99. The number of rotatable bonds is 6. The molecule has 2 heterocycles. The smallest absolute Gasteiger partial charge is 0.309 e. The number of hydrogen-bond donors (Lipinski definition) is 2. The normalized spacial score (nSPS) is 17.0. The highest BCUT2D eigenvalue weighted by Crippen LogP contribution is 2.21. The minimum absolute atomic E-state index is 0.101. The largest absolute Gasteiger partial charge is 0.468 e. The van der Waals surface area contributed by atoms with Gasteiger partial charge in [-0.3, -0.25) is 14.5 Å². The van der Waals surface area contributed by atoms with E-state index in [1.807, 2.05) is 26.0 Å². The van der Waals surface area contributed by atoms with E-state index in [9.17, 15) is 9.59 Å². The Bertz CT molecular complexity index is 495. The van der Waals surface area contributed by atoms with Crippen molar-refractivity contribution in [1.29, 1.82) is 0 Å². The number of furan rings is 1. The van der Waals surface area contributed by atoms with E-state index in [4.69, 9.17) is 9.15 Å². The van der Waals surface area contributed by atoms with Gasteiger partial charge in [-0.1, -0.05) is 13.8 Å². The molecular weight excluding hydrogens is 298 g/mol. The van der Waals surface area contributed by atoms with Crippen molar-refractivity contribution in [2.45, 2.75) is 19.9 Å². The molecule has 1 saturated heterocycles. The maximum atomic E-state index is 11.9. The first-order valence-corrected chi connectivity index (χ1v) is 7.99. The maximum absolute atomic E-state index is 11.9. The predicted octanol–water partition coefficient (Wildman–Crippen LogP) is 0.541. The van der Waals surface area contributed by atoms with Crippen LogP contribution in [0.2, 0.25) is 0 Å². The van der Waals surface area contributed by atoms with Gasteiger partial charge in [0, 0.05) is 26.2 Å². The number of nitrogens with one attached hydrogen (secondary N) is 2. The van der Waals surface area contributed by atoms with E-state index >= 15 is 0 Å². The number of nitrogens with zero attached hydrogens (tertiary/aromatic N) is 1. The summed E-state index contributed by atoms with van der Waals surface area (Å²) < 4.78 is 10.8. The minimum Gasteiger partial charge on any atom is -0.468 e. The first-order chi connectivity index (χ1) is 11.1. The van der Waals surface area contributed by atoms with Gasteiger partial charge in [0.2, 0.25) is 0 Å². The van der Waals surface area contributed by atoms with Crippen molar-refractivity contribution >= 4 is 11.8 Å². The zero-order valence-electron chi connectivity index (χ0n) is 13.7. The lowest BCUT2D eigenvalue weighted by Gasteiger charge is -2.33. The highest BCUT2D eigenvalue weighted by molar-refractivity contribution is 6.35. The van der Waals surface area contributed by atoms with Crippen LogP contribution in [0.5, 0.6) is 0 Å². The summed E-state index contributed by atoms with van der Waals surface area (Å²) in [7, 11) is 0. The van der Waals surface area contributed by atoms with Crippen molar-refractivity contribution in [3.63, 3.8) is 0 Å². The van der Waals surface area contributed by atoms with Gasteiger partial charge in [-0.15, -0.1) is 0 Å². The van der Waals surface area contributed by atoms with Crippen LogP contribution in [0.1, 0.15) is 25.6 Å². The molecule has 0 bridgehead atoms. The summed E-state index contributed by atoms with van der Waals surface area (Å²) in [6.07, 6.45) is 1.61. The number of ether oxygens (including phenoxy) is 1. The zero-order chi connectivity index (χ0) is 16.7. The van der Waals surface area contributed by atoms with Crippen LogP contribution in [0.3, 0.4) is 0 Å². The summed E-state index contributed by atoms with van der Waals surface area (Å²) >= 11 is 0. The molecule has 1 atom stereocenters. The van der Waals surface area contributed by atoms with Crippen molar-refractivity contribution in [3.8, 4) is 0 Å². The second-order valence-electron chi connectivity index (χ2n) is 5.99. The van der Waals surface area contributed by atoms with Gasteiger partial charge in [0.1, 0.15) is 5.76 Å². The number of carbonyl (C=O) groups excluding carboxylic acids is 2. The molecule has 0 radical (unpaired) electrons. The molecule has 0 aromatic carbocycles. The van der Waals surface area contributed by atoms with Crippen LogP contribution < -0.4 is 10.6 Å². The number of carbonyl (C=O) groups is 2. The van der Waals surface area contributed by atoms with Crippen LogP contribution >= 0.6 is 0 Å². The molecule has 0 aliphatic carbocycles. The van der Waals surface area contributed by atoms with E-state index in [1.54, 1.807) is 6.26 Å². The van der Waals surface area contributed by atoms with Gasteiger partial charge in [-0.05, 0) is 18.1 Å². The average Bonchev–Trinajstić information content (AvgIpc) is 3.07. The van der Waals surface area contributed by atoms with E-state index in [-0.39, 0.29) is 6.04 Å². The highest BCUT2D eigenvalue weighted by Gasteiger charge is 2.26. The van der Waals surface area contributed by atoms with Crippen molar-refractivity contribution < 1.29 is 18.7 Å². The van der Waals surface area contributed by atoms with Crippen LogP contribution in [0.4, 0.5) is 0 Å². The van der Waals surface area contributed by atoms with E-state index in [0.29, 0.717) is 32.2 Å². The van der Waals surface area contributed by atoms with Gasteiger partial charge in [0.05, 0.1) is 25.5 Å². The fraction of sp³-hybridized carbons (Fsp3) is 0.625. The Kier molecular flexibility index (Phi) is 6.61. The van der Waals surface area contributed by atoms with Gasteiger partial charge < -0.3 is 19.8 Å². The summed E-state index contributed by atoms with van der Waals surface area (Å²) in [5.41, 5.74) is 0. The van der Waals surface area contributed by atoms with E-state index in [1.165, 1.54) is 0 Å². The van der Waals surface area contributed by atoms with Gasteiger partial charge in [-0.25, -0.2) is 0 Å². The molecule has 2 N–H and O–H groups in total. The number of amides is 2. The van der Waals surface area contributed by atoms with E-state index in [2.05, 4.69) is 15.5 Å². The third kappa shape index (κ3) is 5.37. The molecule has 0 saturated carbocycles. The van der Waals surface area contributed by atoms with Crippen molar-refractivity contribution in [3.05, 3.63) is 24.2 Å². The molecule has 7 nitrogen and oxygen atoms in total. The molecule has 128 valence electrons. The first kappa shape index (κ1) is 17.5. The molecule has 7 heteroatoms. The lowest BCUT2D eigenvalue weighted by molar-refractivity contribution is -0.139. The Morgan fingerprint density at radius 1 is 1.17 bits per heavy atom. The zero-order valence-corrected chi connectivity index (χ0v) is 13.7. The molecule has 1 aromatic rings. The Hall–Kier alpha value is -1.86.